The van der Waals surface area contributed by atoms with Crippen LogP contribution in [0, 0.1) is 6.92 Å². The molecule has 0 bridgehead atoms. The molecule has 0 N–H and O–H groups in total. The van der Waals surface area contributed by atoms with E-state index in [0.717, 1.165) is 35.2 Å². The highest BCUT2D eigenvalue weighted by molar-refractivity contribution is 5.94. The van der Waals surface area contributed by atoms with Crippen molar-refractivity contribution in [2.75, 3.05) is 13.1 Å². The summed E-state index contributed by atoms with van der Waals surface area (Å²) in [6.45, 7) is 3.17. The van der Waals surface area contributed by atoms with Crippen LogP contribution in [0.3, 0.4) is 0 Å². The van der Waals surface area contributed by atoms with Gasteiger partial charge in [0.2, 0.25) is 5.88 Å². The van der Waals surface area contributed by atoms with Crippen LogP contribution < -0.4 is 4.74 Å². The predicted octanol–water partition coefficient (Wildman–Crippen LogP) is 3.27. The lowest BCUT2D eigenvalue weighted by Gasteiger charge is -2.31. The Balaban J connectivity index is 1.27. The molecule has 1 saturated heterocycles. The molecule has 1 aliphatic heterocycles. The quantitative estimate of drug-likeness (QED) is 0.539. The van der Waals surface area contributed by atoms with Crippen molar-refractivity contribution in [3.63, 3.8) is 0 Å². The molecule has 7 nitrogen and oxygen atoms in total. The van der Waals surface area contributed by atoms with Crippen LogP contribution in [0.25, 0.3) is 16.7 Å². The highest BCUT2D eigenvalue weighted by Crippen LogP contribution is 2.21. The first kappa shape index (κ1) is 17.6. The Hall–Kier alpha value is -3.48. The average molecular weight is 387 g/mol. The van der Waals surface area contributed by atoms with Crippen molar-refractivity contribution >= 4 is 22.6 Å². The minimum atomic E-state index is 0.0187. The molecule has 5 rings (SSSR count). The lowest BCUT2D eigenvalue weighted by molar-refractivity contribution is 0.0581. The average Bonchev–Trinajstić information content (AvgIpc) is 3.09. The molecule has 0 radical (unpaired) electrons. The Kier molecular flexibility index (Phi) is 4.35. The van der Waals surface area contributed by atoms with Crippen LogP contribution in [-0.4, -0.2) is 49.4 Å². The normalized spacial score (nSPS) is 15.1. The number of hydrogen-bond donors (Lipinski definition) is 0. The number of piperidine rings is 1. The number of carbonyl (C=O) groups is 1. The van der Waals surface area contributed by atoms with E-state index in [0.29, 0.717) is 24.7 Å². The molecule has 1 aliphatic rings. The fraction of sp³-hybridized carbons (Fsp3) is 0.273. The summed E-state index contributed by atoms with van der Waals surface area (Å²) in [5, 5.41) is 0. The molecule has 1 aromatic carbocycles. The number of amides is 1. The molecule has 0 aliphatic carbocycles. The molecule has 1 amide bonds. The van der Waals surface area contributed by atoms with Gasteiger partial charge in [-0.2, -0.15) is 0 Å². The molecule has 0 spiro atoms. The third-order valence-corrected chi connectivity index (χ3v) is 5.35. The molecule has 146 valence electrons. The van der Waals surface area contributed by atoms with Crippen molar-refractivity contribution < 1.29 is 9.53 Å². The minimum Gasteiger partial charge on any atom is -0.473 e. The van der Waals surface area contributed by atoms with Crippen LogP contribution in [0.1, 0.15) is 29.0 Å². The van der Waals surface area contributed by atoms with Gasteiger partial charge in [0.25, 0.3) is 5.91 Å². The van der Waals surface area contributed by atoms with Crippen LogP contribution in [0.4, 0.5) is 0 Å². The Bertz CT molecular complexity index is 1190. The molecule has 0 unspecified atom stereocenters. The van der Waals surface area contributed by atoms with Gasteiger partial charge in [0.05, 0.1) is 22.9 Å². The van der Waals surface area contributed by atoms with Crippen LogP contribution in [0.15, 0.2) is 54.9 Å². The Morgan fingerprint density at radius 2 is 1.79 bits per heavy atom. The van der Waals surface area contributed by atoms with Crippen molar-refractivity contribution in [2.45, 2.75) is 25.9 Å². The van der Waals surface area contributed by atoms with Crippen molar-refractivity contribution in [1.82, 2.24) is 24.3 Å². The third kappa shape index (κ3) is 3.29. The fourth-order valence-corrected chi connectivity index (χ4v) is 3.87. The summed E-state index contributed by atoms with van der Waals surface area (Å²) in [6, 6.07) is 13.5. The fourth-order valence-electron chi connectivity index (χ4n) is 3.87. The second-order valence-electron chi connectivity index (χ2n) is 7.28. The number of ether oxygens (including phenoxy) is 1. The number of carbonyl (C=O) groups excluding carboxylic acids is 1. The van der Waals surface area contributed by atoms with E-state index in [4.69, 9.17) is 4.74 Å². The van der Waals surface area contributed by atoms with Gasteiger partial charge >= 0.3 is 0 Å². The highest BCUT2D eigenvalue weighted by atomic mass is 16.5. The molecule has 1 fully saturated rings. The van der Waals surface area contributed by atoms with Gasteiger partial charge in [-0.15, -0.1) is 0 Å². The first-order valence-corrected chi connectivity index (χ1v) is 9.80. The van der Waals surface area contributed by atoms with Gasteiger partial charge in [0.15, 0.2) is 0 Å². The Morgan fingerprint density at radius 3 is 2.62 bits per heavy atom. The molecular weight excluding hydrogens is 366 g/mol. The molecule has 3 aromatic heterocycles. The molecule has 4 heterocycles. The van der Waals surface area contributed by atoms with Gasteiger partial charge in [0, 0.05) is 32.1 Å². The SMILES string of the molecule is Cc1nc2ccccn2c1C(=O)N1CCC(Oc2cnc3ccccc3n2)CC1. The van der Waals surface area contributed by atoms with Crippen molar-refractivity contribution in [3.8, 4) is 5.88 Å². The maximum Gasteiger partial charge on any atom is 0.272 e. The first-order chi connectivity index (χ1) is 14.2. The highest BCUT2D eigenvalue weighted by Gasteiger charge is 2.28. The predicted molar refractivity (Wildman–Crippen MR) is 109 cm³/mol. The molecule has 0 atom stereocenters. The Labute approximate surface area is 168 Å². The largest absolute Gasteiger partial charge is 0.473 e. The second-order valence-corrected chi connectivity index (χ2v) is 7.28. The van der Waals surface area contributed by atoms with E-state index in [1.165, 1.54) is 0 Å². The zero-order chi connectivity index (χ0) is 19.8. The molecular formula is C22H21N5O2. The van der Waals surface area contributed by atoms with E-state index in [1.54, 1.807) is 6.20 Å². The maximum atomic E-state index is 13.1. The van der Waals surface area contributed by atoms with E-state index in [9.17, 15) is 4.79 Å². The lowest BCUT2D eigenvalue weighted by Crippen LogP contribution is -2.42. The number of imidazole rings is 1. The standard InChI is InChI=1S/C22H21N5O2/c1-15-21(27-11-5-4-8-19(27)24-15)22(28)26-12-9-16(10-13-26)29-20-14-23-17-6-2-3-7-18(17)25-20/h2-8,11,14,16H,9-10,12-13H2,1H3. The summed E-state index contributed by atoms with van der Waals surface area (Å²) in [5.74, 6) is 0.552. The number of hydrogen-bond acceptors (Lipinski definition) is 5. The summed E-state index contributed by atoms with van der Waals surface area (Å²) in [5.41, 5.74) is 3.86. The Morgan fingerprint density at radius 1 is 1.03 bits per heavy atom. The van der Waals surface area contributed by atoms with Crippen LogP contribution in [0.2, 0.25) is 0 Å². The second kappa shape index (κ2) is 7.16. The topological polar surface area (TPSA) is 72.6 Å². The zero-order valence-corrected chi connectivity index (χ0v) is 16.2. The smallest absolute Gasteiger partial charge is 0.272 e. The van der Waals surface area contributed by atoms with Crippen LogP contribution in [0.5, 0.6) is 5.88 Å². The summed E-state index contributed by atoms with van der Waals surface area (Å²) in [4.78, 5) is 28.4. The number of pyridine rings is 1. The number of benzene rings is 1. The van der Waals surface area contributed by atoms with E-state index in [-0.39, 0.29) is 12.0 Å². The summed E-state index contributed by atoms with van der Waals surface area (Å²) in [6.07, 6.45) is 5.10. The molecule has 4 aromatic rings. The summed E-state index contributed by atoms with van der Waals surface area (Å²) >= 11 is 0. The molecule has 7 heteroatoms. The van der Waals surface area contributed by atoms with Gasteiger partial charge in [-0.1, -0.05) is 18.2 Å². The monoisotopic (exact) mass is 387 g/mol. The van der Waals surface area contributed by atoms with Crippen LogP contribution in [-0.2, 0) is 0 Å². The van der Waals surface area contributed by atoms with Gasteiger partial charge in [-0.05, 0) is 31.2 Å². The first-order valence-electron chi connectivity index (χ1n) is 9.80. The number of rotatable bonds is 3. The summed E-state index contributed by atoms with van der Waals surface area (Å²) < 4.78 is 7.91. The van der Waals surface area contributed by atoms with E-state index in [2.05, 4.69) is 15.0 Å². The van der Waals surface area contributed by atoms with Crippen LogP contribution >= 0.6 is 0 Å². The molecule has 29 heavy (non-hydrogen) atoms. The lowest BCUT2D eigenvalue weighted by atomic mass is 10.1. The van der Waals surface area contributed by atoms with E-state index in [1.807, 2.05) is 64.9 Å². The number of likely N-dealkylation sites (tertiary alicyclic amines) is 1. The van der Waals surface area contributed by atoms with Crippen molar-refractivity contribution in [2.24, 2.45) is 0 Å². The molecule has 0 saturated carbocycles. The third-order valence-electron chi connectivity index (χ3n) is 5.35. The van der Waals surface area contributed by atoms with Gasteiger partial charge in [-0.3, -0.25) is 9.20 Å². The number of para-hydroxylation sites is 2. The van der Waals surface area contributed by atoms with E-state index >= 15 is 0 Å². The maximum absolute atomic E-state index is 13.1. The van der Waals surface area contributed by atoms with Crippen molar-refractivity contribution in [3.05, 3.63) is 66.2 Å². The minimum absolute atomic E-state index is 0.0187. The van der Waals surface area contributed by atoms with E-state index < -0.39 is 0 Å². The summed E-state index contributed by atoms with van der Waals surface area (Å²) in [7, 11) is 0. The van der Waals surface area contributed by atoms with Gasteiger partial charge < -0.3 is 9.64 Å². The number of nitrogens with zero attached hydrogens (tertiary/aromatic N) is 5. The zero-order valence-electron chi connectivity index (χ0n) is 16.2. The van der Waals surface area contributed by atoms with Gasteiger partial charge in [0.1, 0.15) is 17.4 Å². The number of aromatic nitrogens is 4. The number of aryl methyl sites for hydroxylation is 1. The number of fused-ring (bicyclic) bond motifs is 2. The van der Waals surface area contributed by atoms with Crippen molar-refractivity contribution in [1.29, 1.82) is 0 Å². The van der Waals surface area contributed by atoms with Gasteiger partial charge in [-0.25, -0.2) is 15.0 Å².